The molecule has 0 aromatic heterocycles. The number of thioether (sulfide) groups is 1. The molecule has 0 spiro atoms. The molecule has 188 valence electrons. The molecule has 7 nitrogen and oxygen atoms in total. The zero-order valence-corrected chi connectivity index (χ0v) is 21.4. The van der Waals surface area contributed by atoms with Crippen LogP contribution in [-0.2, 0) is 11.4 Å². The van der Waals surface area contributed by atoms with Crippen LogP contribution < -0.4 is 14.2 Å². The molecule has 1 heterocycles. The number of nitriles is 1. The van der Waals surface area contributed by atoms with Gasteiger partial charge < -0.3 is 14.2 Å². The Morgan fingerprint density at radius 1 is 0.973 bits per heavy atom. The van der Waals surface area contributed by atoms with Crippen molar-refractivity contribution in [3.05, 3.63) is 93.9 Å². The van der Waals surface area contributed by atoms with E-state index in [1.165, 1.54) is 4.90 Å². The van der Waals surface area contributed by atoms with Crippen LogP contribution in [0.15, 0.2) is 71.6 Å². The van der Waals surface area contributed by atoms with Crippen molar-refractivity contribution in [1.29, 1.82) is 5.26 Å². The summed E-state index contributed by atoms with van der Waals surface area (Å²) >= 11 is 0.900. The molecule has 1 aliphatic rings. The van der Waals surface area contributed by atoms with E-state index in [2.05, 4.69) is 6.07 Å². The Morgan fingerprint density at radius 2 is 1.76 bits per heavy atom. The molecular formula is C29H26N2O5S. The molecule has 1 saturated heterocycles. The smallest absolute Gasteiger partial charge is 0.293 e. The van der Waals surface area contributed by atoms with Crippen LogP contribution in [0.1, 0.15) is 29.2 Å². The Balaban J connectivity index is 1.43. The van der Waals surface area contributed by atoms with Crippen LogP contribution in [0, 0.1) is 18.3 Å². The van der Waals surface area contributed by atoms with Gasteiger partial charge in [-0.25, -0.2) is 0 Å². The minimum absolute atomic E-state index is 0.164. The van der Waals surface area contributed by atoms with E-state index in [-0.39, 0.29) is 30.9 Å². The number of rotatable bonds is 10. The maximum absolute atomic E-state index is 12.9. The van der Waals surface area contributed by atoms with Crippen LogP contribution in [0.2, 0.25) is 0 Å². The summed E-state index contributed by atoms with van der Waals surface area (Å²) < 4.78 is 17.4. The third kappa shape index (κ3) is 6.51. The third-order valence-electron chi connectivity index (χ3n) is 5.56. The van der Waals surface area contributed by atoms with Crippen molar-refractivity contribution in [2.45, 2.75) is 20.5 Å². The van der Waals surface area contributed by atoms with Gasteiger partial charge in [0.15, 0.2) is 11.5 Å². The molecule has 1 fully saturated rings. The van der Waals surface area contributed by atoms with Gasteiger partial charge in [0.2, 0.25) is 0 Å². The molecule has 0 radical (unpaired) electrons. The molecule has 37 heavy (non-hydrogen) atoms. The van der Waals surface area contributed by atoms with Gasteiger partial charge >= 0.3 is 0 Å². The molecule has 0 N–H and O–H groups in total. The first-order valence-electron chi connectivity index (χ1n) is 11.8. The summed E-state index contributed by atoms with van der Waals surface area (Å²) in [6, 6.07) is 22.3. The first kappa shape index (κ1) is 25.9. The fourth-order valence-electron chi connectivity index (χ4n) is 3.65. The van der Waals surface area contributed by atoms with E-state index in [0.29, 0.717) is 39.9 Å². The second kappa shape index (κ2) is 12.2. The summed E-state index contributed by atoms with van der Waals surface area (Å²) in [5.74, 6) is 1.37. The van der Waals surface area contributed by atoms with Gasteiger partial charge in [-0.3, -0.25) is 14.5 Å². The Bertz CT molecular complexity index is 1360. The highest BCUT2D eigenvalue weighted by atomic mass is 32.2. The number of hydrogen-bond acceptors (Lipinski definition) is 7. The molecule has 2 amide bonds. The normalized spacial score (nSPS) is 14.1. The van der Waals surface area contributed by atoms with Gasteiger partial charge in [-0.15, -0.1) is 0 Å². The lowest BCUT2D eigenvalue weighted by molar-refractivity contribution is -0.123. The zero-order chi connectivity index (χ0) is 26.2. The number of ether oxygens (including phenoxy) is 3. The minimum atomic E-state index is -0.353. The number of amides is 2. The summed E-state index contributed by atoms with van der Waals surface area (Å²) in [6.07, 6.45) is 1.67. The van der Waals surface area contributed by atoms with Crippen LogP contribution >= 0.6 is 11.8 Å². The largest absolute Gasteiger partial charge is 0.492 e. The summed E-state index contributed by atoms with van der Waals surface area (Å²) in [5.41, 5.74) is 3.16. The molecule has 0 unspecified atom stereocenters. The Hall–Kier alpha value is -4.22. The quantitative estimate of drug-likeness (QED) is 0.308. The second-order valence-corrected chi connectivity index (χ2v) is 9.18. The Kier molecular flexibility index (Phi) is 8.49. The lowest BCUT2D eigenvalue weighted by Gasteiger charge is -2.14. The fraction of sp³-hybridized carbons (Fsp3) is 0.207. The average Bonchev–Trinajstić information content (AvgIpc) is 3.17. The number of imide groups is 1. The van der Waals surface area contributed by atoms with Gasteiger partial charge in [0.05, 0.1) is 29.7 Å². The maximum atomic E-state index is 12.9. The molecule has 0 atom stereocenters. The van der Waals surface area contributed by atoms with Crippen LogP contribution in [0.25, 0.3) is 6.08 Å². The van der Waals surface area contributed by atoms with Crippen molar-refractivity contribution in [2.75, 3.05) is 19.8 Å². The summed E-state index contributed by atoms with van der Waals surface area (Å²) in [6.45, 7) is 4.87. The Morgan fingerprint density at radius 3 is 2.51 bits per heavy atom. The van der Waals surface area contributed by atoms with E-state index < -0.39 is 0 Å². The summed E-state index contributed by atoms with van der Waals surface area (Å²) in [4.78, 5) is 26.9. The van der Waals surface area contributed by atoms with Crippen LogP contribution in [-0.4, -0.2) is 35.8 Å². The summed E-state index contributed by atoms with van der Waals surface area (Å²) in [7, 11) is 0. The van der Waals surface area contributed by atoms with E-state index in [9.17, 15) is 14.9 Å². The molecule has 0 bridgehead atoms. The molecule has 0 aliphatic carbocycles. The van der Waals surface area contributed by atoms with E-state index in [0.717, 1.165) is 22.9 Å². The molecule has 4 rings (SSSR count). The second-order valence-electron chi connectivity index (χ2n) is 8.19. The zero-order valence-electron chi connectivity index (χ0n) is 20.6. The van der Waals surface area contributed by atoms with Gasteiger partial charge in [-0.05, 0) is 67.6 Å². The molecule has 1 aliphatic heterocycles. The molecular weight excluding hydrogens is 488 g/mol. The molecule has 8 heteroatoms. The highest BCUT2D eigenvalue weighted by Gasteiger charge is 2.34. The number of benzene rings is 3. The number of carbonyl (C=O) groups excluding carboxylic acids is 2. The van der Waals surface area contributed by atoms with Crippen LogP contribution in [0.5, 0.6) is 17.2 Å². The average molecular weight is 515 g/mol. The summed E-state index contributed by atoms with van der Waals surface area (Å²) in [5, 5.41) is 8.97. The number of aryl methyl sites for hydroxylation is 1. The number of carbonyl (C=O) groups is 2. The van der Waals surface area contributed by atoms with E-state index in [1.807, 2.05) is 50.2 Å². The predicted octanol–water partition coefficient (Wildman–Crippen LogP) is 5.96. The lowest BCUT2D eigenvalue weighted by Crippen LogP contribution is -2.32. The molecule has 3 aromatic carbocycles. The van der Waals surface area contributed by atoms with Gasteiger partial charge in [-0.2, -0.15) is 5.26 Å². The molecule has 3 aromatic rings. The fourth-order valence-corrected chi connectivity index (χ4v) is 4.51. The van der Waals surface area contributed by atoms with E-state index >= 15 is 0 Å². The van der Waals surface area contributed by atoms with Crippen LogP contribution in [0.4, 0.5) is 4.79 Å². The van der Waals surface area contributed by atoms with Gasteiger partial charge in [0.1, 0.15) is 19.0 Å². The van der Waals surface area contributed by atoms with Crippen molar-refractivity contribution in [3.63, 3.8) is 0 Å². The van der Waals surface area contributed by atoms with Crippen molar-refractivity contribution in [2.24, 2.45) is 0 Å². The van der Waals surface area contributed by atoms with Crippen molar-refractivity contribution >= 4 is 29.0 Å². The Labute approximate surface area is 220 Å². The minimum Gasteiger partial charge on any atom is -0.492 e. The topological polar surface area (TPSA) is 88.9 Å². The standard InChI is InChI=1S/C29H26N2O5S/c1-3-34-26-16-21(10-13-25(26)36-19-23-7-5-4-6-22(23)18-30)17-27-28(32)31(29(33)37-27)14-15-35-24-11-8-20(2)9-12-24/h4-13,16-17H,3,14-15,19H2,1-2H3/b27-17-. The lowest BCUT2D eigenvalue weighted by atomic mass is 10.1. The van der Waals surface area contributed by atoms with Gasteiger partial charge in [0, 0.05) is 5.56 Å². The van der Waals surface area contributed by atoms with E-state index in [1.54, 1.807) is 36.4 Å². The molecule has 0 saturated carbocycles. The maximum Gasteiger partial charge on any atom is 0.293 e. The third-order valence-corrected chi connectivity index (χ3v) is 6.47. The first-order chi connectivity index (χ1) is 18.0. The van der Waals surface area contributed by atoms with Crippen molar-refractivity contribution in [1.82, 2.24) is 4.90 Å². The predicted molar refractivity (Wildman–Crippen MR) is 142 cm³/mol. The van der Waals surface area contributed by atoms with Gasteiger partial charge in [0.25, 0.3) is 11.1 Å². The van der Waals surface area contributed by atoms with Gasteiger partial charge in [-0.1, -0.05) is 42.0 Å². The SMILES string of the molecule is CCOc1cc(/C=C2\SC(=O)N(CCOc3ccc(C)cc3)C2=O)ccc1OCc1ccccc1C#N. The number of hydrogen-bond donors (Lipinski definition) is 0. The first-order valence-corrected chi connectivity index (χ1v) is 12.6. The monoisotopic (exact) mass is 514 g/mol. The van der Waals surface area contributed by atoms with Crippen molar-refractivity contribution < 1.29 is 23.8 Å². The number of nitrogens with zero attached hydrogens (tertiary/aromatic N) is 2. The van der Waals surface area contributed by atoms with Crippen molar-refractivity contribution in [3.8, 4) is 23.3 Å². The van der Waals surface area contributed by atoms with E-state index in [4.69, 9.17) is 14.2 Å². The highest BCUT2D eigenvalue weighted by molar-refractivity contribution is 8.18. The highest BCUT2D eigenvalue weighted by Crippen LogP contribution is 2.35. The van der Waals surface area contributed by atoms with Crippen LogP contribution in [0.3, 0.4) is 0 Å².